The molecule has 0 aliphatic heterocycles. The molecule has 63 heavy (non-hydrogen) atoms. The summed E-state index contributed by atoms with van der Waals surface area (Å²) in [4.78, 5) is 57.3. The Morgan fingerprint density at radius 2 is 1.30 bits per heavy atom. The standard InChI is InChI=1S/C36H25N9O13S2.3Na/c37-31-30-19(15-28(59(53,54)55)32(31)43-40-23-9-12-25(13-10-23)45(51)52)16-29(60(56,57)58)33(34(30)47)44-41-22-7-5-20(6-8-22)38-35(48)18-1-3-21(4-2-18)39-42-24-11-14-27(46)26(17-24)36(49)50;;;/h1-17,39,41H,37H2,(H,38,48)(H,49,50)(H,53,54,55)(H,56,57,58);;;/q;3*+1/p-3. The second-order valence-electron chi connectivity index (χ2n) is 12.2. The molecule has 1 amide bonds. The number of aliphatic carboxylic acids is 1. The minimum atomic E-state index is -5.48. The van der Waals surface area contributed by atoms with Gasteiger partial charge in [-0.25, -0.2) is 16.8 Å². The number of amides is 1. The van der Waals surface area contributed by atoms with Gasteiger partial charge in [0.05, 0.1) is 54.7 Å². The first kappa shape index (κ1) is 52.3. The summed E-state index contributed by atoms with van der Waals surface area (Å²) in [6.07, 6.45) is 3.99. The smallest absolute Gasteiger partial charge is 0.744 e. The van der Waals surface area contributed by atoms with E-state index in [0.29, 0.717) is 17.8 Å². The third kappa shape index (κ3) is 12.6. The summed E-state index contributed by atoms with van der Waals surface area (Å²) in [6, 6.07) is 16.5. The molecule has 0 fully saturated rings. The van der Waals surface area contributed by atoms with E-state index in [1.165, 1.54) is 54.6 Å². The van der Waals surface area contributed by atoms with Crippen LogP contribution in [0.2, 0.25) is 0 Å². The van der Waals surface area contributed by atoms with Crippen LogP contribution in [0.3, 0.4) is 0 Å². The van der Waals surface area contributed by atoms with Gasteiger partial charge in [-0.05, 0) is 96.6 Å². The van der Waals surface area contributed by atoms with Gasteiger partial charge in [-0.15, -0.1) is 5.11 Å². The van der Waals surface area contributed by atoms with Crippen molar-refractivity contribution in [1.29, 1.82) is 0 Å². The molecule has 22 nitrogen and oxygen atoms in total. The first-order valence-corrected chi connectivity index (χ1v) is 19.3. The SMILES string of the molecule is Nc1c(N=Nc2ccc([N+](=O)[O-])cc2)c(S(=O)(=O)[O-])cc2c1C(=O)C(=NNc1ccc(NC(=O)c3ccc(NN=C4C=CC(=O)C(C(=O)[O-])=C4)cc3)cc1)C(S(=O)(=O)[O-])=C2.[Na+].[Na+].[Na+]. The van der Waals surface area contributed by atoms with Crippen molar-refractivity contribution in [1.82, 2.24) is 0 Å². The number of benzene rings is 4. The molecule has 0 heterocycles. The molecule has 0 bridgehead atoms. The maximum absolute atomic E-state index is 13.7. The number of non-ortho nitro benzene ring substituents is 1. The van der Waals surface area contributed by atoms with Gasteiger partial charge in [0.15, 0.2) is 5.78 Å². The number of ketones is 2. The summed E-state index contributed by atoms with van der Waals surface area (Å²) in [5.41, 5.74) is 7.87. The number of anilines is 4. The number of rotatable bonds is 12. The first-order valence-electron chi connectivity index (χ1n) is 16.5. The summed E-state index contributed by atoms with van der Waals surface area (Å²) in [5.74, 6) is -4.20. The Labute approximate surface area is 422 Å². The van der Waals surface area contributed by atoms with Gasteiger partial charge in [0.2, 0.25) is 5.78 Å². The van der Waals surface area contributed by atoms with E-state index in [4.69, 9.17) is 5.73 Å². The van der Waals surface area contributed by atoms with E-state index in [9.17, 15) is 60.3 Å². The van der Waals surface area contributed by atoms with E-state index < -0.39 is 92.2 Å². The molecule has 0 saturated carbocycles. The minimum Gasteiger partial charge on any atom is -0.744 e. The maximum Gasteiger partial charge on any atom is 1.00 e. The van der Waals surface area contributed by atoms with Crippen molar-refractivity contribution in [2.75, 3.05) is 21.9 Å². The monoisotopic (exact) mass is 921 g/mol. The zero-order valence-corrected chi connectivity index (χ0v) is 40.4. The second-order valence-corrected chi connectivity index (χ2v) is 14.9. The van der Waals surface area contributed by atoms with Gasteiger partial charge in [-0.2, -0.15) is 15.3 Å². The molecule has 27 heteroatoms. The van der Waals surface area contributed by atoms with Crippen LogP contribution in [0, 0.1) is 10.1 Å². The fourth-order valence-electron chi connectivity index (χ4n) is 5.36. The van der Waals surface area contributed by atoms with E-state index in [0.717, 1.165) is 36.4 Å². The van der Waals surface area contributed by atoms with Crippen molar-refractivity contribution in [3.05, 3.63) is 134 Å². The predicted octanol–water partition coefficient (Wildman–Crippen LogP) is -6.11. The molecule has 2 aliphatic rings. The minimum absolute atomic E-state index is 0. The molecule has 0 radical (unpaired) electrons. The van der Waals surface area contributed by atoms with Gasteiger partial charge in [0.25, 0.3) is 11.6 Å². The zero-order chi connectivity index (χ0) is 43.5. The summed E-state index contributed by atoms with van der Waals surface area (Å²) >= 11 is 0. The topological polar surface area (TPSA) is 360 Å². The number of Topliss-reactive ketones (excluding diaryl/α,β-unsaturated/α-hetero) is 1. The molecule has 0 unspecified atom stereocenters. The molecule has 2 aliphatic carbocycles. The van der Waals surface area contributed by atoms with Crippen LogP contribution in [0.15, 0.2) is 133 Å². The average molecular weight is 922 g/mol. The number of hydrogen-bond donors (Lipinski definition) is 4. The number of hydrazone groups is 2. The van der Waals surface area contributed by atoms with E-state index in [1.54, 1.807) is 0 Å². The number of carboxylic acid groups (broad SMARTS) is 1. The number of carbonyl (C=O) groups is 4. The molecule has 0 spiro atoms. The second kappa shape index (κ2) is 21.5. The summed E-state index contributed by atoms with van der Waals surface area (Å²) in [5, 5.41) is 40.0. The van der Waals surface area contributed by atoms with Crippen molar-refractivity contribution in [3.8, 4) is 0 Å². The molecule has 6 rings (SSSR count). The Bertz CT molecular complexity index is 2960. The van der Waals surface area contributed by atoms with Crippen LogP contribution >= 0.6 is 0 Å². The number of nitrogens with one attached hydrogen (secondary N) is 3. The summed E-state index contributed by atoms with van der Waals surface area (Å²) in [6.45, 7) is 0. The fourth-order valence-corrected chi connectivity index (χ4v) is 6.66. The Hall–Kier alpha value is -5.06. The molecule has 304 valence electrons. The Balaban J connectivity index is 0.00000352. The fraction of sp³-hybridized carbons (Fsp3) is 0. The maximum atomic E-state index is 13.7. The van der Waals surface area contributed by atoms with Crippen LogP contribution in [-0.2, 0) is 29.8 Å². The van der Waals surface area contributed by atoms with Crippen LogP contribution in [-0.4, -0.2) is 65.7 Å². The zero-order valence-electron chi connectivity index (χ0n) is 32.8. The first-order chi connectivity index (χ1) is 28.3. The molecular formula is C36H22N9Na3O13S2. The molecule has 0 atom stereocenters. The van der Waals surface area contributed by atoms with Crippen LogP contribution in [0.4, 0.5) is 39.8 Å². The number of nitrogens with two attached hydrogens (primary N) is 1. The average Bonchev–Trinajstić information content (AvgIpc) is 3.19. The summed E-state index contributed by atoms with van der Waals surface area (Å²) in [7, 11) is -10.9. The molecule has 0 aromatic heterocycles. The number of allylic oxidation sites excluding steroid dienone is 4. The third-order valence-corrected chi connectivity index (χ3v) is 9.94. The molecule has 5 N–H and O–H groups in total. The summed E-state index contributed by atoms with van der Waals surface area (Å²) < 4.78 is 73.5. The number of nitrogens with zero attached hydrogens (tertiary/aromatic N) is 5. The van der Waals surface area contributed by atoms with E-state index in [1.807, 2.05) is 0 Å². The number of hydrogen-bond acceptors (Lipinski definition) is 20. The number of carbonyl (C=O) groups excluding carboxylic acids is 4. The third-order valence-electron chi connectivity index (χ3n) is 8.24. The number of nitro groups is 1. The molecule has 0 saturated heterocycles. The van der Waals surface area contributed by atoms with Crippen LogP contribution in [0.5, 0.6) is 0 Å². The van der Waals surface area contributed by atoms with Gasteiger partial charge in [-0.3, -0.25) is 35.3 Å². The van der Waals surface area contributed by atoms with Gasteiger partial charge in [0, 0.05) is 29.0 Å². The normalized spacial score (nSPS) is 14.6. The van der Waals surface area contributed by atoms with Gasteiger partial charge < -0.3 is 30.1 Å². The van der Waals surface area contributed by atoms with Crippen molar-refractivity contribution >= 4 is 101 Å². The number of nitrogen functional groups attached to an aromatic ring is 1. The Morgan fingerprint density at radius 3 is 1.86 bits per heavy atom. The number of azo groups is 1. The van der Waals surface area contributed by atoms with Crippen LogP contribution in [0.1, 0.15) is 26.3 Å². The number of fused-ring (bicyclic) bond motifs is 1. The molecule has 4 aromatic rings. The molecule has 4 aromatic carbocycles. The van der Waals surface area contributed by atoms with Crippen molar-refractivity contribution in [2.45, 2.75) is 4.90 Å². The van der Waals surface area contributed by atoms with Gasteiger partial charge in [0.1, 0.15) is 31.6 Å². The van der Waals surface area contributed by atoms with Gasteiger partial charge in [-0.1, -0.05) is 0 Å². The number of carboxylic acids is 1. The van der Waals surface area contributed by atoms with Gasteiger partial charge >= 0.3 is 88.7 Å². The van der Waals surface area contributed by atoms with Crippen molar-refractivity contribution in [3.63, 3.8) is 0 Å². The van der Waals surface area contributed by atoms with Crippen molar-refractivity contribution < 1.29 is 144 Å². The van der Waals surface area contributed by atoms with Crippen molar-refractivity contribution in [2.24, 2.45) is 20.4 Å². The quantitative estimate of drug-likeness (QED) is 0.0150. The predicted molar refractivity (Wildman–Crippen MR) is 208 cm³/mol. The Kier molecular flexibility index (Phi) is 17.9. The van der Waals surface area contributed by atoms with E-state index >= 15 is 0 Å². The van der Waals surface area contributed by atoms with E-state index in [-0.39, 0.29) is 123 Å². The van der Waals surface area contributed by atoms with Crippen LogP contribution < -0.4 is 116 Å². The molecular weight excluding hydrogens is 900 g/mol. The largest absolute Gasteiger partial charge is 1.00 e. The van der Waals surface area contributed by atoms with Crippen LogP contribution in [0.25, 0.3) is 6.08 Å². The Morgan fingerprint density at radius 1 is 0.730 bits per heavy atom. The van der Waals surface area contributed by atoms with E-state index in [2.05, 4.69) is 36.6 Å². The number of nitro benzene ring substituents is 1.